The summed E-state index contributed by atoms with van der Waals surface area (Å²) in [6.07, 6.45) is 3.92. The fourth-order valence-corrected chi connectivity index (χ4v) is 8.14. The van der Waals surface area contributed by atoms with Crippen LogP contribution in [0.1, 0.15) is 11.1 Å². The number of allylic oxidation sites excluding steroid dienone is 1. The molecule has 7 nitrogen and oxygen atoms in total. The third kappa shape index (κ3) is 6.22. The smallest absolute Gasteiger partial charge is 0.164 e. The van der Waals surface area contributed by atoms with E-state index in [9.17, 15) is 5.41 Å². The van der Waals surface area contributed by atoms with Crippen LogP contribution in [0.15, 0.2) is 198 Å². The SMILES string of the molecule is N=C1/C(=N\Nc2ccccc2)C=Cc2ccc3ccc(-c4ccccc4-c4nc(-c5cccc(-c6ccccc6)c5)nc(-c5cccc6oc7ccccc7c56)n4)cc3c21. The van der Waals surface area contributed by atoms with Crippen LogP contribution in [0.2, 0.25) is 0 Å². The van der Waals surface area contributed by atoms with E-state index in [1.165, 1.54) is 0 Å². The van der Waals surface area contributed by atoms with Crippen molar-refractivity contribution in [1.29, 1.82) is 5.41 Å². The quantitative estimate of drug-likeness (QED) is 0.157. The molecule has 0 bridgehead atoms. The maximum absolute atomic E-state index is 9.35. The summed E-state index contributed by atoms with van der Waals surface area (Å²) in [5.41, 5.74) is 15.0. The van der Waals surface area contributed by atoms with Crippen LogP contribution in [0.3, 0.4) is 0 Å². The Hall–Kier alpha value is -8.29. The normalized spacial score (nSPS) is 13.0. The lowest BCUT2D eigenvalue weighted by molar-refractivity contribution is 0.669. The number of nitrogens with zero attached hydrogens (tertiary/aromatic N) is 4. The molecular weight excluding hydrogens is 737 g/mol. The number of rotatable bonds is 7. The van der Waals surface area contributed by atoms with Crippen molar-refractivity contribution >= 4 is 55.9 Å². The number of para-hydroxylation sites is 2. The molecule has 0 fully saturated rings. The van der Waals surface area contributed by atoms with Crippen LogP contribution >= 0.6 is 0 Å². The van der Waals surface area contributed by atoms with Gasteiger partial charge in [0.25, 0.3) is 0 Å². The molecule has 1 aliphatic rings. The fourth-order valence-electron chi connectivity index (χ4n) is 8.14. The highest BCUT2D eigenvalue weighted by molar-refractivity contribution is 6.55. The highest BCUT2D eigenvalue weighted by Gasteiger charge is 2.22. The summed E-state index contributed by atoms with van der Waals surface area (Å²) in [6, 6.07) is 61.4. The Labute approximate surface area is 345 Å². The Morgan fingerprint density at radius 2 is 1.12 bits per heavy atom. The summed E-state index contributed by atoms with van der Waals surface area (Å²) < 4.78 is 6.31. The number of hydrogen-bond donors (Lipinski definition) is 2. The second-order valence-corrected chi connectivity index (χ2v) is 14.7. The summed E-state index contributed by atoms with van der Waals surface area (Å²) in [4.78, 5) is 15.7. The molecule has 2 aromatic heterocycles. The van der Waals surface area contributed by atoms with Crippen LogP contribution < -0.4 is 5.43 Å². The first kappa shape index (κ1) is 34.9. The van der Waals surface area contributed by atoms with Gasteiger partial charge in [-0.15, -0.1) is 0 Å². The van der Waals surface area contributed by atoms with Crippen molar-refractivity contribution in [3.05, 3.63) is 199 Å². The Kier molecular flexibility index (Phi) is 8.48. The molecule has 10 aromatic rings. The summed E-state index contributed by atoms with van der Waals surface area (Å²) >= 11 is 0. The first-order chi connectivity index (χ1) is 29.6. The van der Waals surface area contributed by atoms with Gasteiger partial charge in [0, 0.05) is 33.0 Å². The van der Waals surface area contributed by atoms with Crippen molar-refractivity contribution in [2.45, 2.75) is 0 Å². The second-order valence-electron chi connectivity index (χ2n) is 14.7. The van der Waals surface area contributed by atoms with Gasteiger partial charge in [-0.1, -0.05) is 152 Å². The lowest BCUT2D eigenvalue weighted by Crippen LogP contribution is -2.18. The molecule has 0 saturated heterocycles. The van der Waals surface area contributed by atoms with E-state index in [0.717, 1.165) is 88.5 Å². The maximum Gasteiger partial charge on any atom is 0.164 e. The van der Waals surface area contributed by atoms with E-state index in [2.05, 4.69) is 102 Å². The maximum atomic E-state index is 9.35. The van der Waals surface area contributed by atoms with Gasteiger partial charge in [-0.05, 0) is 81.1 Å². The first-order valence-electron chi connectivity index (χ1n) is 19.8. The first-order valence-corrected chi connectivity index (χ1v) is 19.8. The molecule has 0 atom stereocenters. The van der Waals surface area contributed by atoms with Gasteiger partial charge >= 0.3 is 0 Å². The van der Waals surface area contributed by atoms with Crippen LogP contribution in [-0.4, -0.2) is 26.4 Å². The van der Waals surface area contributed by atoms with Gasteiger partial charge in [-0.2, -0.15) is 5.10 Å². The third-order valence-electron chi connectivity index (χ3n) is 11.0. The van der Waals surface area contributed by atoms with Crippen molar-refractivity contribution in [2.75, 3.05) is 5.43 Å². The van der Waals surface area contributed by atoms with E-state index >= 15 is 0 Å². The molecule has 282 valence electrons. The molecule has 0 saturated carbocycles. The van der Waals surface area contributed by atoms with E-state index in [1.807, 2.05) is 103 Å². The predicted molar refractivity (Wildman–Crippen MR) is 245 cm³/mol. The van der Waals surface area contributed by atoms with E-state index in [-0.39, 0.29) is 0 Å². The van der Waals surface area contributed by atoms with Crippen LogP contribution in [0, 0.1) is 5.41 Å². The molecule has 0 radical (unpaired) electrons. The highest BCUT2D eigenvalue weighted by atomic mass is 16.3. The largest absolute Gasteiger partial charge is 0.456 e. The number of anilines is 1. The molecule has 2 heterocycles. The number of aromatic nitrogens is 3. The highest BCUT2D eigenvalue weighted by Crippen LogP contribution is 2.39. The lowest BCUT2D eigenvalue weighted by Gasteiger charge is -2.18. The zero-order valence-corrected chi connectivity index (χ0v) is 32.2. The number of benzene rings is 8. The Balaban J connectivity index is 1.07. The summed E-state index contributed by atoms with van der Waals surface area (Å²) in [5.74, 6) is 1.67. The molecule has 0 amide bonds. The molecule has 0 unspecified atom stereocenters. The summed E-state index contributed by atoms with van der Waals surface area (Å²) in [7, 11) is 0. The zero-order valence-electron chi connectivity index (χ0n) is 32.2. The second kappa shape index (κ2) is 14.6. The lowest BCUT2D eigenvalue weighted by atomic mass is 9.87. The van der Waals surface area contributed by atoms with E-state index in [0.29, 0.717) is 28.9 Å². The summed E-state index contributed by atoms with van der Waals surface area (Å²) in [6.45, 7) is 0. The number of furan rings is 1. The van der Waals surface area contributed by atoms with E-state index in [4.69, 9.17) is 19.4 Å². The standard InChI is InChI=1S/C53H34N6O/c54-50-45(59-58-39-17-5-2-6-18-39)30-29-35-27-25-34-26-28-37(32-44(34)48(35)50)40-19-7-8-20-41(40)52-55-51(38-16-11-15-36(31-38)33-13-3-1-4-14-33)56-53(57-52)43-22-12-24-47-49(43)42-21-9-10-23-46(42)60-47/h1-32,54,58H/b54-50?,59-45-. The van der Waals surface area contributed by atoms with Crippen molar-refractivity contribution in [1.82, 2.24) is 15.0 Å². The van der Waals surface area contributed by atoms with E-state index < -0.39 is 0 Å². The minimum atomic E-state index is 0.359. The van der Waals surface area contributed by atoms with Crippen LogP contribution in [0.5, 0.6) is 0 Å². The van der Waals surface area contributed by atoms with Crippen molar-refractivity contribution in [3.8, 4) is 56.4 Å². The average Bonchev–Trinajstić information content (AvgIpc) is 3.71. The Bertz CT molecular complexity index is 3370. The van der Waals surface area contributed by atoms with Gasteiger partial charge in [0.15, 0.2) is 17.5 Å². The Morgan fingerprint density at radius 3 is 1.98 bits per heavy atom. The predicted octanol–water partition coefficient (Wildman–Crippen LogP) is 13.1. The van der Waals surface area contributed by atoms with Crippen LogP contribution in [0.25, 0.3) is 95.2 Å². The third-order valence-corrected chi connectivity index (χ3v) is 11.0. The molecule has 0 aliphatic heterocycles. The molecule has 7 heteroatoms. The Morgan fingerprint density at radius 1 is 0.467 bits per heavy atom. The molecule has 11 rings (SSSR count). The van der Waals surface area contributed by atoms with Crippen molar-refractivity contribution in [2.24, 2.45) is 5.10 Å². The molecule has 2 N–H and O–H groups in total. The van der Waals surface area contributed by atoms with Gasteiger partial charge in [0.2, 0.25) is 0 Å². The topological polar surface area (TPSA) is 100 Å². The minimum Gasteiger partial charge on any atom is -0.456 e. The molecule has 60 heavy (non-hydrogen) atoms. The van der Waals surface area contributed by atoms with Gasteiger partial charge < -0.3 is 4.42 Å². The zero-order chi connectivity index (χ0) is 40.0. The fraction of sp³-hybridized carbons (Fsp3) is 0. The molecule has 8 aromatic carbocycles. The number of hydrogen-bond acceptors (Lipinski definition) is 7. The van der Waals surface area contributed by atoms with Gasteiger partial charge in [0.05, 0.1) is 11.4 Å². The van der Waals surface area contributed by atoms with Crippen LogP contribution in [-0.2, 0) is 0 Å². The van der Waals surface area contributed by atoms with Crippen molar-refractivity contribution < 1.29 is 4.42 Å². The number of hydrazone groups is 1. The van der Waals surface area contributed by atoms with Gasteiger partial charge in [-0.25, -0.2) is 15.0 Å². The van der Waals surface area contributed by atoms with Gasteiger partial charge in [0.1, 0.15) is 16.9 Å². The van der Waals surface area contributed by atoms with Gasteiger partial charge in [-0.3, -0.25) is 10.8 Å². The molecule has 0 spiro atoms. The monoisotopic (exact) mass is 770 g/mol. The van der Waals surface area contributed by atoms with Crippen molar-refractivity contribution in [3.63, 3.8) is 0 Å². The minimum absolute atomic E-state index is 0.359. The molecule has 1 aliphatic carbocycles. The van der Waals surface area contributed by atoms with Crippen LogP contribution in [0.4, 0.5) is 5.69 Å². The average molecular weight is 771 g/mol. The molecular formula is C53H34N6O. The number of nitrogens with one attached hydrogen (secondary N) is 2. The number of fused-ring (bicyclic) bond motifs is 6. The van der Waals surface area contributed by atoms with E-state index in [1.54, 1.807) is 0 Å². The summed E-state index contributed by atoms with van der Waals surface area (Å²) in [5, 5.41) is 17.9.